The van der Waals surface area contributed by atoms with Crippen molar-refractivity contribution >= 4 is 22.9 Å². The summed E-state index contributed by atoms with van der Waals surface area (Å²) in [6.45, 7) is 0.609. The van der Waals surface area contributed by atoms with Gasteiger partial charge in [0.1, 0.15) is 12.4 Å². The van der Waals surface area contributed by atoms with Crippen LogP contribution in [-0.2, 0) is 12.5 Å². The number of para-hydroxylation sites is 1. The molecule has 0 unspecified atom stereocenters. The zero-order valence-electron chi connectivity index (χ0n) is 8.15. The number of rotatable bonds is 4. The lowest BCUT2D eigenvalue weighted by Crippen LogP contribution is -1.96. The molecule has 0 saturated carbocycles. The summed E-state index contributed by atoms with van der Waals surface area (Å²) >= 11 is 7.49. The Bertz CT molecular complexity index is 411. The van der Waals surface area contributed by atoms with Gasteiger partial charge in [-0.3, -0.25) is 0 Å². The topological polar surface area (TPSA) is 9.23 Å². The second kappa shape index (κ2) is 5.19. The molecular weight excluding hydrogens is 228 g/mol. The SMILES string of the molecule is ClCc1ccccc1OCc1ccsc1. The van der Waals surface area contributed by atoms with E-state index in [2.05, 4.69) is 11.4 Å². The van der Waals surface area contributed by atoms with E-state index in [4.69, 9.17) is 16.3 Å². The molecule has 0 atom stereocenters. The Morgan fingerprint density at radius 1 is 1.20 bits per heavy atom. The summed E-state index contributed by atoms with van der Waals surface area (Å²) in [5.41, 5.74) is 2.23. The van der Waals surface area contributed by atoms with E-state index in [1.165, 1.54) is 5.56 Å². The van der Waals surface area contributed by atoms with Crippen molar-refractivity contribution in [1.82, 2.24) is 0 Å². The van der Waals surface area contributed by atoms with Crippen LogP contribution in [0.5, 0.6) is 5.75 Å². The number of ether oxygens (including phenoxy) is 1. The van der Waals surface area contributed by atoms with Crippen LogP contribution in [-0.4, -0.2) is 0 Å². The monoisotopic (exact) mass is 238 g/mol. The van der Waals surface area contributed by atoms with E-state index in [0.717, 1.165) is 11.3 Å². The van der Waals surface area contributed by atoms with Crippen LogP contribution in [0.15, 0.2) is 41.1 Å². The van der Waals surface area contributed by atoms with Crippen molar-refractivity contribution in [2.24, 2.45) is 0 Å². The van der Waals surface area contributed by atoms with Crippen molar-refractivity contribution < 1.29 is 4.74 Å². The van der Waals surface area contributed by atoms with E-state index in [-0.39, 0.29) is 0 Å². The molecule has 0 aliphatic heterocycles. The molecule has 0 fully saturated rings. The molecule has 0 aliphatic carbocycles. The highest BCUT2D eigenvalue weighted by molar-refractivity contribution is 7.07. The summed E-state index contributed by atoms with van der Waals surface area (Å²) in [6.07, 6.45) is 0. The highest BCUT2D eigenvalue weighted by Crippen LogP contribution is 2.21. The van der Waals surface area contributed by atoms with Crippen LogP contribution in [0.25, 0.3) is 0 Å². The molecule has 2 aromatic rings. The van der Waals surface area contributed by atoms with Gasteiger partial charge in [-0.15, -0.1) is 11.6 Å². The maximum atomic E-state index is 5.81. The summed E-state index contributed by atoms with van der Waals surface area (Å²) in [7, 11) is 0. The van der Waals surface area contributed by atoms with Crippen molar-refractivity contribution in [3.63, 3.8) is 0 Å². The average molecular weight is 239 g/mol. The molecule has 0 amide bonds. The first-order valence-corrected chi connectivity index (χ1v) is 6.15. The first kappa shape index (κ1) is 10.5. The third kappa shape index (κ3) is 2.74. The Morgan fingerprint density at radius 2 is 2.07 bits per heavy atom. The zero-order chi connectivity index (χ0) is 10.5. The van der Waals surface area contributed by atoms with Crippen LogP contribution in [0.3, 0.4) is 0 Å². The number of benzene rings is 1. The number of alkyl halides is 1. The molecule has 0 spiro atoms. The maximum absolute atomic E-state index is 5.81. The number of hydrogen-bond acceptors (Lipinski definition) is 2. The Balaban J connectivity index is 2.04. The van der Waals surface area contributed by atoms with Gasteiger partial charge < -0.3 is 4.74 Å². The van der Waals surface area contributed by atoms with Crippen LogP contribution in [0, 0.1) is 0 Å². The van der Waals surface area contributed by atoms with Gasteiger partial charge in [0.05, 0.1) is 5.88 Å². The predicted molar refractivity (Wildman–Crippen MR) is 64.7 cm³/mol. The Kier molecular flexibility index (Phi) is 3.64. The predicted octanol–water partition coefficient (Wildman–Crippen LogP) is 4.07. The molecule has 1 aromatic carbocycles. The van der Waals surface area contributed by atoms with Gasteiger partial charge in [0.2, 0.25) is 0 Å². The first-order chi connectivity index (χ1) is 7.40. The minimum Gasteiger partial charge on any atom is -0.489 e. The molecule has 1 nitrogen and oxygen atoms in total. The molecule has 0 aliphatic rings. The lowest BCUT2D eigenvalue weighted by Gasteiger charge is -2.08. The Hall–Kier alpha value is -0.990. The van der Waals surface area contributed by atoms with Crippen molar-refractivity contribution in [2.75, 3.05) is 0 Å². The fourth-order valence-corrected chi connectivity index (χ4v) is 2.17. The van der Waals surface area contributed by atoms with E-state index < -0.39 is 0 Å². The molecule has 15 heavy (non-hydrogen) atoms. The van der Waals surface area contributed by atoms with Crippen molar-refractivity contribution in [3.05, 3.63) is 52.2 Å². The van der Waals surface area contributed by atoms with E-state index in [0.29, 0.717) is 12.5 Å². The number of thiophene rings is 1. The number of halogens is 1. The molecule has 2 rings (SSSR count). The molecule has 0 saturated heterocycles. The van der Waals surface area contributed by atoms with Crippen LogP contribution in [0.1, 0.15) is 11.1 Å². The van der Waals surface area contributed by atoms with Crippen molar-refractivity contribution in [1.29, 1.82) is 0 Å². The van der Waals surface area contributed by atoms with Crippen LogP contribution >= 0.6 is 22.9 Å². The second-order valence-corrected chi connectivity index (χ2v) is 4.21. The molecular formula is C12H11ClOS. The quantitative estimate of drug-likeness (QED) is 0.730. The van der Waals surface area contributed by atoms with E-state index in [1.807, 2.05) is 29.6 Å². The Labute approximate surface area is 98.3 Å². The fraction of sp³-hybridized carbons (Fsp3) is 0.167. The third-order valence-electron chi connectivity index (χ3n) is 2.09. The summed E-state index contributed by atoms with van der Waals surface area (Å²) in [5, 5.41) is 4.13. The van der Waals surface area contributed by atoms with Crippen LogP contribution < -0.4 is 4.74 Å². The van der Waals surface area contributed by atoms with Gasteiger partial charge in [-0.25, -0.2) is 0 Å². The number of hydrogen-bond donors (Lipinski definition) is 0. The molecule has 78 valence electrons. The summed E-state index contributed by atoms with van der Waals surface area (Å²) < 4.78 is 5.69. The normalized spacial score (nSPS) is 10.2. The van der Waals surface area contributed by atoms with Gasteiger partial charge in [-0.2, -0.15) is 11.3 Å². The molecule has 0 bridgehead atoms. The molecule has 0 N–H and O–H groups in total. The standard InChI is InChI=1S/C12H11ClOS/c13-7-11-3-1-2-4-12(11)14-8-10-5-6-15-9-10/h1-6,9H,7-8H2. The minimum atomic E-state index is 0.486. The summed E-state index contributed by atoms with van der Waals surface area (Å²) in [4.78, 5) is 0. The molecule has 0 radical (unpaired) electrons. The smallest absolute Gasteiger partial charge is 0.124 e. The van der Waals surface area contributed by atoms with Gasteiger partial charge in [-0.1, -0.05) is 18.2 Å². The van der Waals surface area contributed by atoms with Gasteiger partial charge in [0.15, 0.2) is 0 Å². The zero-order valence-corrected chi connectivity index (χ0v) is 9.72. The average Bonchev–Trinajstić information content (AvgIpc) is 2.79. The minimum absolute atomic E-state index is 0.486. The van der Waals surface area contributed by atoms with Gasteiger partial charge in [-0.05, 0) is 28.5 Å². The van der Waals surface area contributed by atoms with Crippen molar-refractivity contribution in [3.8, 4) is 5.75 Å². The maximum Gasteiger partial charge on any atom is 0.124 e. The summed E-state index contributed by atoms with van der Waals surface area (Å²) in [5.74, 6) is 1.36. The third-order valence-corrected chi connectivity index (χ3v) is 3.11. The second-order valence-electron chi connectivity index (χ2n) is 3.16. The first-order valence-electron chi connectivity index (χ1n) is 4.68. The van der Waals surface area contributed by atoms with E-state index in [1.54, 1.807) is 11.3 Å². The fourth-order valence-electron chi connectivity index (χ4n) is 1.29. The highest BCUT2D eigenvalue weighted by atomic mass is 35.5. The Morgan fingerprint density at radius 3 is 2.80 bits per heavy atom. The molecule has 1 aromatic heterocycles. The largest absolute Gasteiger partial charge is 0.489 e. The van der Waals surface area contributed by atoms with E-state index in [9.17, 15) is 0 Å². The van der Waals surface area contributed by atoms with Gasteiger partial charge in [0, 0.05) is 5.56 Å². The van der Waals surface area contributed by atoms with Gasteiger partial charge >= 0.3 is 0 Å². The van der Waals surface area contributed by atoms with Crippen LogP contribution in [0.2, 0.25) is 0 Å². The lowest BCUT2D eigenvalue weighted by atomic mass is 10.2. The van der Waals surface area contributed by atoms with Gasteiger partial charge in [0.25, 0.3) is 0 Å². The highest BCUT2D eigenvalue weighted by Gasteiger charge is 2.01. The molecule has 1 heterocycles. The molecule has 3 heteroatoms. The van der Waals surface area contributed by atoms with E-state index >= 15 is 0 Å². The van der Waals surface area contributed by atoms with Crippen LogP contribution in [0.4, 0.5) is 0 Å². The summed E-state index contributed by atoms with van der Waals surface area (Å²) in [6, 6.07) is 9.92. The lowest BCUT2D eigenvalue weighted by molar-refractivity contribution is 0.304. The van der Waals surface area contributed by atoms with Crippen molar-refractivity contribution in [2.45, 2.75) is 12.5 Å².